The number of carboxylic acids is 1. The predicted octanol–water partition coefficient (Wildman–Crippen LogP) is 5.03. The summed E-state index contributed by atoms with van der Waals surface area (Å²) in [6.45, 7) is 0.967. The zero-order valence-corrected chi connectivity index (χ0v) is 19.7. The minimum Gasteiger partial charge on any atom is -0.495 e. The van der Waals surface area contributed by atoms with E-state index in [4.69, 9.17) is 31.3 Å². The summed E-state index contributed by atoms with van der Waals surface area (Å²) in [7, 11) is 1.58. The molecule has 2 aliphatic rings. The zero-order valence-electron chi connectivity index (χ0n) is 18.9. The van der Waals surface area contributed by atoms with Gasteiger partial charge in [0.15, 0.2) is 0 Å². The van der Waals surface area contributed by atoms with Gasteiger partial charge in [-0.1, -0.05) is 23.8 Å². The van der Waals surface area contributed by atoms with Crippen LogP contribution in [-0.2, 0) is 4.79 Å². The Kier molecular flexibility index (Phi) is 7.53. The number of benzene rings is 2. The summed E-state index contributed by atoms with van der Waals surface area (Å²) in [4.78, 5) is 24.1. The number of hydrogen-bond acceptors (Lipinski definition) is 5. The lowest BCUT2D eigenvalue weighted by molar-refractivity contribution is -0.138. The van der Waals surface area contributed by atoms with Gasteiger partial charge in [-0.15, -0.1) is 0 Å². The maximum absolute atomic E-state index is 13.1. The van der Waals surface area contributed by atoms with E-state index < -0.39 is 5.97 Å². The highest BCUT2D eigenvalue weighted by Gasteiger charge is 2.39. The number of amides is 1. The Bertz CT molecular complexity index is 1110. The number of unbranched alkanes of at least 4 members (excludes halogenated alkanes) is 1. The fraction of sp³-hybridized carbons (Fsp3) is 0.346. The Balaban J connectivity index is 1.40. The quantitative estimate of drug-likeness (QED) is 0.400. The molecule has 0 unspecified atom stereocenters. The fourth-order valence-corrected chi connectivity index (χ4v) is 4.60. The molecule has 0 spiro atoms. The first-order valence-electron chi connectivity index (χ1n) is 11.3. The Morgan fingerprint density at radius 3 is 2.53 bits per heavy atom. The van der Waals surface area contributed by atoms with Gasteiger partial charge < -0.3 is 14.6 Å². The minimum atomic E-state index is -0.967. The van der Waals surface area contributed by atoms with E-state index in [1.807, 2.05) is 18.2 Å². The van der Waals surface area contributed by atoms with Gasteiger partial charge >= 0.3 is 5.97 Å². The molecule has 0 bridgehead atoms. The molecule has 0 radical (unpaired) electrons. The summed E-state index contributed by atoms with van der Waals surface area (Å²) in [5.41, 5.74) is 2.01. The molecule has 1 N–H and O–H groups in total. The number of hydrazone groups is 1. The fourth-order valence-electron chi connectivity index (χ4n) is 4.34. The monoisotopic (exact) mass is 482 g/mol. The Labute approximate surface area is 203 Å². The van der Waals surface area contributed by atoms with Gasteiger partial charge in [0.05, 0.1) is 35.9 Å². The number of fused-ring (bicyclic) bond motifs is 1. The standard InChI is InChI=1S/C26H27ClN2O5/c1-33-23-13-10-18(16-22(23)27)24-20-6-2-3-7-21(20)25(30)29(28-24)14-4-5-15-34-19-11-8-17(9-12-19)26(31)32/h2-3,8-13,16,20-21H,4-7,14-15H2,1H3,(H,31,32)/t20-,21+/m0/s1. The lowest BCUT2D eigenvalue weighted by Crippen LogP contribution is -2.45. The van der Waals surface area contributed by atoms with E-state index in [-0.39, 0.29) is 23.3 Å². The maximum atomic E-state index is 13.1. The zero-order chi connectivity index (χ0) is 24.1. The van der Waals surface area contributed by atoms with Crippen LogP contribution in [0.15, 0.2) is 59.7 Å². The molecule has 178 valence electrons. The molecule has 1 aliphatic carbocycles. The smallest absolute Gasteiger partial charge is 0.335 e. The van der Waals surface area contributed by atoms with Crippen LogP contribution in [0, 0.1) is 11.8 Å². The molecule has 7 nitrogen and oxygen atoms in total. The van der Waals surface area contributed by atoms with Crippen molar-refractivity contribution in [2.45, 2.75) is 25.7 Å². The van der Waals surface area contributed by atoms with E-state index in [9.17, 15) is 9.59 Å². The highest BCUT2D eigenvalue weighted by atomic mass is 35.5. The number of ether oxygens (including phenoxy) is 2. The van der Waals surface area contributed by atoms with Gasteiger partial charge in [-0.25, -0.2) is 9.80 Å². The van der Waals surface area contributed by atoms with Crippen LogP contribution < -0.4 is 9.47 Å². The van der Waals surface area contributed by atoms with Gasteiger partial charge in [-0.05, 0) is 73.7 Å². The predicted molar refractivity (Wildman–Crippen MR) is 130 cm³/mol. The molecule has 0 fully saturated rings. The Morgan fingerprint density at radius 1 is 1.12 bits per heavy atom. The SMILES string of the molecule is COc1ccc(C2=NN(CCCCOc3ccc(C(=O)O)cc3)C(=O)[C@@H]3CC=CC[C@H]23)cc1Cl. The summed E-state index contributed by atoms with van der Waals surface area (Å²) in [6.07, 6.45) is 7.14. The summed E-state index contributed by atoms with van der Waals surface area (Å²) < 4.78 is 11.0. The molecular weight excluding hydrogens is 456 g/mol. The first-order chi connectivity index (χ1) is 16.5. The number of aromatic carboxylic acids is 1. The van der Waals surface area contributed by atoms with E-state index in [0.29, 0.717) is 36.1 Å². The molecule has 2 atom stereocenters. The molecule has 1 heterocycles. The summed E-state index contributed by atoms with van der Waals surface area (Å²) in [6, 6.07) is 11.9. The molecule has 34 heavy (non-hydrogen) atoms. The number of rotatable bonds is 9. The van der Waals surface area contributed by atoms with Crippen molar-refractivity contribution in [3.05, 3.63) is 70.8 Å². The second-order valence-electron chi connectivity index (χ2n) is 8.34. The molecule has 0 saturated carbocycles. The molecule has 1 amide bonds. The third kappa shape index (κ3) is 5.25. The van der Waals surface area contributed by atoms with Crippen LogP contribution in [0.4, 0.5) is 0 Å². The highest BCUT2D eigenvalue weighted by Crippen LogP contribution is 2.36. The Morgan fingerprint density at radius 2 is 1.85 bits per heavy atom. The lowest BCUT2D eigenvalue weighted by atomic mass is 9.76. The number of methoxy groups -OCH3 is 1. The summed E-state index contributed by atoms with van der Waals surface area (Å²) in [5.74, 6) is 0.228. The summed E-state index contributed by atoms with van der Waals surface area (Å²) >= 11 is 6.36. The first-order valence-corrected chi connectivity index (χ1v) is 11.7. The van der Waals surface area contributed by atoms with Gasteiger partial charge in [-0.3, -0.25) is 4.79 Å². The largest absolute Gasteiger partial charge is 0.495 e. The number of carboxylic acid groups (broad SMARTS) is 1. The number of carbonyl (C=O) groups excluding carboxylic acids is 1. The second-order valence-corrected chi connectivity index (χ2v) is 8.74. The van der Waals surface area contributed by atoms with Crippen LogP contribution in [0.5, 0.6) is 11.5 Å². The number of allylic oxidation sites excluding steroid dienone is 2. The highest BCUT2D eigenvalue weighted by molar-refractivity contribution is 6.32. The van der Waals surface area contributed by atoms with Crippen LogP contribution in [0.25, 0.3) is 0 Å². The number of nitrogens with zero attached hydrogens (tertiary/aromatic N) is 2. The van der Waals surface area contributed by atoms with E-state index in [2.05, 4.69) is 12.2 Å². The second kappa shape index (κ2) is 10.7. The number of carbonyl (C=O) groups is 2. The molecular formula is C26H27ClN2O5. The van der Waals surface area contributed by atoms with Crippen molar-refractivity contribution in [3.63, 3.8) is 0 Å². The van der Waals surface area contributed by atoms with Gasteiger partial charge in [0, 0.05) is 12.5 Å². The van der Waals surface area contributed by atoms with Crippen LogP contribution in [0.2, 0.25) is 5.02 Å². The molecule has 0 saturated heterocycles. The van der Waals surface area contributed by atoms with Crippen molar-refractivity contribution in [1.29, 1.82) is 0 Å². The average molecular weight is 483 g/mol. The van der Waals surface area contributed by atoms with Crippen molar-refractivity contribution >= 4 is 29.2 Å². The van der Waals surface area contributed by atoms with Crippen molar-refractivity contribution < 1.29 is 24.2 Å². The summed E-state index contributed by atoms with van der Waals surface area (Å²) in [5, 5.41) is 15.8. The topological polar surface area (TPSA) is 88.4 Å². The molecule has 2 aromatic carbocycles. The van der Waals surface area contributed by atoms with Crippen LogP contribution >= 0.6 is 11.6 Å². The third-order valence-corrected chi connectivity index (χ3v) is 6.46. The van der Waals surface area contributed by atoms with Crippen LogP contribution in [-0.4, -0.2) is 48.0 Å². The van der Waals surface area contributed by atoms with Gasteiger partial charge in [0.2, 0.25) is 5.91 Å². The molecule has 0 aromatic heterocycles. The molecule has 1 aliphatic heterocycles. The molecule has 2 aromatic rings. The van der Waals surface area contributed by atoms with Crippen molar-refractivity contribution in [2.75, 3.05) is 20.3 Å². The van der Waals surface area contributed by atoms with E-state index >= 15 is 0 Å². The van der Waals surface area contributed by atoms with E-state index in [0.717, 1.165) is 30.5 Å². The normalized spacial score (nSPS) is 19.4. The van der Waals surface area contributed by atoms with Gasteiger partial charge in [0.1, 0.15) is 11.5 Å². The van der Waals surface area contributed by atoms with E-state index in [1.165, 1.54) is 12.1 Å². The number of halogens is 1. The van der Waals surface area contributed by atoms with Crippen molar-refractivity contribution in [3.8, 4) is 11.5 Å². The first kappa shape index (κ1) is 23.8. The van der Waals surface area contributed by atoms with E-state index in [1.54, 1.807) is 24.3 Å². The van der Waals surface area contributed by atoms with Crippen molar-refractivity contribution in [2.24, 2.45) is 16.9 Å². The van der Waals surface area contributed by atoms with Crippen molar-refractivity contribution in [1.82, 2.24) is 5.01 Å². The molecule has 4 rings (SSSR count). The molecule has 8 heteroatoms. The number of hydrogen-bond donors (Lipinski definition) is 1. The average Bonchev–Trinajstić information content (AvgIpc) is 2.85. The van der Waals surface area contributed by atoms with Crippen LogP contribution in [0.1, 0.15) is 41.6 Å². The van der Waals surface area contributed by atoms with Gasteiger partial charge in [-0.2, -0.15) is 5.10 Å². The lowest BCUT2D eigenvalue weighted by Gasteiger charge is -2.37. The van der Waals surface area contributed by atoms with Gasteiger partial charge in [0.25, 0.3) is 0 Å². The minimum absolute atomic E-state index is 0.0373. The van der Waals surface area contributed by atoms with Crippen LogP contribution in [0.3, 0.4) is 0 Å². The third-order valence-electron chi connectivity index (χ3n) is 6.17. The maximum Gasteiger partial charge on any atom is 0.335 e. The Hall–Kier alpha value is -3.32.